The Kier molecular flexibility index (Phi) is 1.67. The first kappa shape index (κ1) is 6.87. The van der Waals surface area contributed by atoms with E-state index < -0.39 is 0 Å². The summed E-state index contributed by atoms with van der Waals surface area (Å²) in [5.41, 5.74) is 1.06. The van der Waals surface area contributed by atoms with Gasteiger partial charge in [0, 0.05) is 0 Å². The molecule has 2 heteroatoms. The second kappa shape index (κ2) is 2.67. The Morgan fingerprint density at radius 2 is 2.00 bits per heavy atom. The molecule has 2 rings (SSSR count). The summed E-state index contributed by atoms with van der Waals surface area (Å²) in [7, 11) is 0. The molecule has 0 N–H and O–H groups in total. The molecule has 2 radical (unpaired) electrons. The third-order valence-corrected chi connectivity index (χ3v) is 2.09. The van der Waals surface area contributed by atoms with Gasteiger partial charge in [-0.25, -0.2) is 0 Å². The van der Waals surface area contributed by atoms with Crippen LogP contribution < -0.4 is 4.35 Å². The summed E-state index contributed by atoms with van der Waals surface area (Å²) < 4.78 is 1.15. The molecule has 0 atom stereocenters. The monoisotopic (exact) mass is 203 g/mol. The van der Waals surface area contributed by atoms with Gasteiger partial charge < -0.3 is 0 Å². The quantitative estimate of drug-likeness (QED) is 0.582. The molecule has 52 valence electrons. The molecule has 0 unspecified atom stereocenters. The fourth-order valence-electron chi connectivity index (χ4n) is 1.06. The number of para-hydroxylation sites is 1. The van der Waals surface area contributed by atoms with Gasteiger partial charge in [0.15, 0.2) is 0 Å². The molecule has 0 saturated carbocycles. The third kappa shape index (κ3) is 1.29. The topological polar surface area (TPSA) is 12.9 Å². The number of nitrogens with zero attached hydrogens (tertiary/aromatic N) is 1. The number of rotatable bonds is 0. The zero-order valence-corrected chi connectivity index (χ0v) is 7.74. The van der Waals surface area contributed by atoms with Crippen molar-refractivity contribution >= 4 is 32.1 Å². The van der Waals surface area contributed by atoms with E-state index in [2.05, 4.69) is 34.0 Å². The number of pyridine rings is 1. The maximum absolute atomic E-state index is 4.27. The predicted molar refractivity (Wildman–Crippen MR) is 47.1 cm³/mol. The Bertz CT molecular complexity index is 384. The van der Waals surface area contributed by atoms with Gasteiger partial charge in [-0.1, -0.05) is 0 Å². The molecule has 0 saturated heterocycles. The summed E-state index contributed by atoms with van der Waals surface area (Å²) in [6.07, 6.45) is 1.86. The minimum atomic E-state index is 1.06. The van der Waals surface area contributed by atoms with E-state index in [9.17, 15) is 0 Å². The van der Waals surface area contributed by atoms with E-state index in [1.54, 1.807) is 0 Å². The third-order valence-electron chi connectivity index (χ3n) is 1.58. The van der Waals surface area contributed by atoms with Crippen LogP contribution in [0, 0.1) is 0 Å². The maximum atomic E-state index is 4.27. The Morgan fingerprint density at radius 1 is 1.18 bits per heavy atom. The summed E-state index contributed by atoms with van der Waals surface area (Å²) in [6.45, 7) is 0. The molecule has 2 aromatic rings. The Labute approximate surface area is 74.0 Å². The number of fused-ring (bicyclic) bond motifs is 1. The molecular weight excluding hydrogens is 197 g/mol. The van der Waals surface area contributed by atoms with Crippen molar-refractivity contribution in [3.05, 3.63) is 36.5 Å². The van der Waals surface area contributed by atoms with E-state index in [-0.39, 0.29) is 0 Å². The van der Waals surface area contributed by atoms with Gasteiger partial charge in [0.2, 0.25) is 0 Å². The number of benzene rings is 1. The summed E-state index contributed by atoms with van der Waals surface area (Å²) in [4.78, 5) is 4.27. The van der Waals surface area contributed by atoms with Crippen molar-refractivity contribution in [2.45, 2.75) is 0 Å². The predicted octanol–water partition coefficient (Wildman–Crippen LogP) is 1.03. The Hall–Kier alpha value is -0.812. The van der Waals surface area contributed by atoms with E-state index in [1.807, 2.05) is 24.4 Å². The summed E-state index contributed by atoms with van der Waals surface area (Å²) in [5.74, 6) is 0. The van der Waals surface area contributed by atoms with Crippen LogP contribution in [0.5, 0.6) is 0 Å². The second-order valence-corrected chi connectivity index (χ2v) is 3.47. The van der Waals surface area contributed by atoms with Crippen molar-refractivity contribution in [1.29, 1.82) is 0 Å². The van der Waals surface area contributed by atoms with Gasteiger partial charge in [0.1, 0.15) is 0 Å². The van der Waals surface area contributed by atoms with Crippen LogP contribution in [-0.2, 0) is 0 Å². The average Bonchev–Trinajstić information content (AvgIpc) is 2.04. The van der Waals surface area contributed by atoms with Crippen LogP contribution in [0.1, 0.15) is 0 Å². The van der Waals surface area contributed by atoms with Crippen LogP contribution in [0.15, 0.2) is 36.5 Å². The molecule has 0 spiro atoms. The van der Waals surface area contributed by atoms with E-state index in [0.29, 0.717) is 0 Å². The van der Waals surface area contributed by atoms with Gasteiger partial charge in [-0.15, -0.1) is 0 Å². The van der Waals surface area contributed by atoms with E-state index >= 15 is 0 Å². The van der Waals surface area contributed by atoms with Gasteiger partial charge in [-0.05, 0) is 0 Å². The Morgan fingerprint density at radius 3 is 2.91 bits per heavy atom. The van der Waals surface area contributed by atoms with Crippen molar-refractivity contribution in [3.8, 4) is 0 Å². The van der Waals surface area contributed by atoms with Crippen LogP contribution in [0.3, 0.4) is 0 Å². The molecule has 0 aliphatic heterocycles. The molecule has 11 heavy (non-hydrogen) atoms. The fraction of sp³-hybridized carbons (Fsp3) is 0. The second-order valence-electron chi connectivity index (χ2n) is 2.39. The summed E-state index contributed by atoms with van der Waals surface area (Å²) in [5, 5.41) is 1.20. The molecular formula is C9H6AsN. The van der Waals surface area contributed by atoms with Crippen molar-refractivity contribution < 1.29 is 0 Å². The number of hydrogen-bond donors (Lipinski definition) is 0. The van der Waals surface area contributed by atoms with Crippen molar-refractivity contribution in [1.82, 2.24) is 4.98 Å². The first-order valence-corrected chi connectivity index (χ1v) is 4.34. The van der Waals surface area contributed by atoms with Crippen molar-refractivity contribution in [2.75, 3.05) is 0 Å². The van der Waals surface area contributed by atoms with E-state index in [0.717, 1.165) is 9.87 Å². The molecule has 0 amide bonds. The molecule has 1 aromatic carbocycles. The number of hydrogen-bond acceptors (Lipinski definition) is 1. The van der Waals surface area contributed by atoms with Gasteiger partial charge >= 0.3 is 73.6 Å². The molecule has 0 aliphatic carbocycles. The molecule has 0 aliphatic rings. The van der Waals surface area contributed by atoms with E-state index in [4.69, 9.17) is 0 Å². The SMILES string of the molecule is [As]c1cnc2ccccc2c1. The van der Waals surface area contributed by atoms with Crippen LogP contribution in [0.25, 0.3) is 10.9 Å². The summed E-state index contributed by atoms with van der Waals surface area (Å²) in [6, 6.07) is 10.2. The molecule has 0 bridgehead atoms. The first-order valence-electron chi connectivity index (χ1n) is 3.40. The average molecular weight is 203 g/mol. The normalized spacial score (nSPS) is 10.3. The van der Waals surface area contributed by atoms with Gasteiger partial charge in [0.05, 0.1) is 0 Å². The molecule has 1 nitrogen and oxygen atoms in total. The molecule has 1 heterocycles. The van der Waals surface area contributed by atoms with Crippen LogP contribution in [0.4, 0.5) is 0 Å². The van der Waals surface area contributed by atoms with Crippen molar-refractivity contribution in [2.24, 2.45) is 0 Å². The first-order chi connectivity index (χ1) is 5.36. The van der Waals surface area contributed by atoms with Crippen LogP contribution in [0.2, 0.25) is 0 Å². The van der Waals surface area contributed by atoms with Crippen LogP contribution in [-0.4, -0.2) is 21.8 Å². The molecule has 0 fully saturated rings. The van der Waals surface area contributed by atoms with Gasteiger partial charge in [0.25, 0.3) is 0 Å². The summed E-state index contributed by atoms with van der Waals surface area (Å²) >= 11 is 2.49. The standard InChI is InChI=1S/C9H6AsN/c10-8-5-7-3-1-2-4-9(7)11-6-8/h1-6H. The zero-order valence-electron chi connectivity index (χ0n) is 5.86. The van der Waals surface area contributed by atoms with Crippen LogP contribution >= 0.6 is 0 Å². The van der Waals surface area contributed by atoms with Crippen molar-refractivity contribution in [3.63, 3.8) is 0 Å². The zero-order chi connectivity index (χ0) is 7.68. The van der Waals surface area contributed by atoms with Gasteiger partial charge in [-0.3, -0.25) is 0 Å². The fourth-order valence-corrected chi connectivity index (χ4v) is 1.47. The molecule has 1 aromatic heterocycles. The Balaban J connectivity index is 2.83. The minimum absolute atomic E-state index is 1.06. The van der Waals surface area contributed by atoms with Gasteiger partial charge in [-0.2, -0.15) is 0 Å². The number of aromatic nitrogens is 1. The van der Waals surface area contributed by atoms with E-state index in [1.165, 1.54) is 5.39 Å².